The van der Waals surface area contributed by atoms with Crippen molar-refractivity contribution in [1.82, 2.24) is 0 Å². The van der Waals surface area contributed by atoms with Crippen molar-refractivity contribution in [3.8, 4) is 17.2 Å². The summed E-state index contributed by atoms with van der Waals surface area (Å²) in [4.78, 5) is 0. The van der Waals surface area contributed by atoms with E-state index in [1.165, 1.54) is 5.56 Å². The van der Waals surface area contributed by atoms with Gasteiger partial charge in [-0.1, -0.05) is 42.5 Å². The van der Waals surface area contributed by atoms with Gasteiger partial charge < -0.3 is 0 Å². The van der Waals surface area contributed by atoms with E-state index in [1.807, 2.05) is 42.5 Å². The molecule has 0 N–H and O–H groups in total. The van der Waals surface area contributed by atoms with Gasteiger partial charge in [0.2, 0.25) is 0 Å². The van der Waals surface area contributed by atoms with Gasteiger partial charge in [0, 0.05) is 0 Å². The van der Waals surface area contributed by atoms with Gasteiger partial charge in [0.1, 0.15) is 0 Å². The van der Waals surface area contributed by atoms with E-state index in [1.54, 1.807) is 0 Å². The lowest BCUT2D eigenvalue weighted by Gasteiger charge is -1.99. The highest BCUT2D eigenvalue weighted by Crippen LogP contribution is 2.18. The maximum atomic E-state index is 8.65. The average molecular weight is 178 g/mol. The standard InChI is InChI=1S/C13H9N/c14-10-11-6-8-13(9-7-11)12-4-2-1-3-5-12/h1-9H/i10-1. The Morgan fingerprint density at radius 2 is 1.29 bits per heavy atom. The molecule has 0 unspecified atom stereocenters. The number of hydrogen-bond acceptors (Lipinski definition) is 1. The van der Waals surface area contributed by atoms with Crippen molar-refractivity contribution in [2.45, 2.75) is 0 Å². The molecule has 0 fully saturated rings. The monoisotopic (exact) mass is 178 g/mol. The van der Waals surface area contributed by atoms with Crippen LogP contribution in [0.3, 0.4) is 0 Å². The maximum absolute atomic E-state index is 8.65. The summed E-state index contributed by atoms with van der Waals surface area (Å²) in [7, 11) is 0. The van der Waals surface area contributed by atoms with Gasteiger partial charge in [-0.3, -0.25) is 0 Å². The van der Waals surface area contributed by atoms with Gasteiger partial charge in [-0.15, -0.1) is 0 Å². The first-order valence-corrected chi connectivity index (χ1v) is 4.46. The maximum Gasteiger partial charge on any atom is 0.0991 e. The van der Waals surface area contributed by atoms with Crippen LogP contribution in [0.15, 0.2) is 54.6 Å². The summed E-state index contributed by atoms with van der Waals surface area (Å²) in [6, 6.07) is 19.8. The minimum atomic E-state index is 0.699. The van der Waals surface area contributed by atoms with E-state index in [-0.39, 0.29) is 0 Å². The number of rotatable bonds is 1. The van der Waals surface area contributed by atoms with Crippen molar-refractivity contribution < 1.29 is 0 Å². The number of benzene rings is 2. The van der Waals surface area contributed by atoms with Crippen LogP contribution >= 0.6 is 0 Å². The Bertz CT molecular complexity index is 449. The van der Waals surface area contributed by atoms with Gasteiger partial charge in [0.15, 0.2) is 0 Å². The van der Waals surface area contributed by atoms with E-state index >= 15 is 0 Å². The van der Waals surface area contributed by atoms with Crippen LogP contribution in [0.1, 0.15) is 5.56 Å². The zero-order valence-electron chi connectivity index (χ0n) is 7.64. The molecule has 0 spiro atoms. The first-order chi connectivity index (χ1) is 6.90. The Balaban J connectivity index is 2.40. The third-order valence-corrected chi connectivity index (χ3v) is 2.12. The van der Waals surface area contributed by atoms with Crippen LogP contribution in [0.5, 0.6) is 0 Å². The normalized spacial score (nSPS) is 9.36. The molecule has 0 saturated carbocycles. The molecular weight excluding hydrogens is 169 g/mol. The molecule has 2 aromatic carbocycles. The predicted molar refractivity (Wildman–Crippen MR) is 56.6 cm³/mol. The Morgan fingerprint density at radius 3 is 1.86 bits per heavy atom. The Hall–Kier alpha value is -2.07. The van der Waals surface area contributed by atoms with Crippen molar-refractivity contribution in [3.63, 3.8) is 0 Å². The Labute approximate surface area is 83.2 Å². The van der Waals surface area contributed by atoms with Crippen molar-refractivity contribution in [2.24, 2.45) is 0 Å². The molecule has 66 valence electrons. The van der Waals surface area contributed by atoms with E-state index < -0.39 is 0 Å². The molecule has 1 heteroatoms. The van der Waals surface area contributed by atoms with Gasteiger partial charge in [0.25, 0.3) is 0 Å². The van der Waals surface area contributed by atoms with E-state index in [9.17, 15) is 0 Å². The fraction of sp³-hybridized carbons (Fsp3) is 0. The van der Waals surface area contributed by atoms with Crippen molar-refractivity contribution in [1.29, 1.82) is 5.26 Å². The Kier molecular flexibility index (Phi) is 2.29. The first-order valence-electron chi connectivity index (χ1n) is 4.46. The summed E-state index contributed by atoms with van der Waals surface area (Å²) >= 11 is 0. The van der Waals surface area contributed by atoms with Crippen LogP contribution in [0.2, 0.25) is 0 Å². The second-order valence-corrected chi connectivity index (χ2v) is 3.06. The highest BCUT2D eigenvalue weighted by atomic mass is 14.2. The van der Waals surface area contributed by atoms with Crippen LogP contribution < -0.4 is 0 Å². The molecule has 14 heavy (non-hydrogen) atoms. The average Bonchev–Trinajstić information content (AvgIpc) is 2.30. The van der Waals surface area contributed by atoms with Gasteiger partial charge in [-0.05, 0) is 23.3 Å². The van der Waals surface area contributed by atoms with Gasteiger partial charge >= 0.3 is 0 Å². The zero-order valence-corrected chi connectivity index (χ0v) is 7.64. The molecule has 0 aliphatic heterocycles. The van der Waals surface area contributed by atoms with Crippen molar-refractivity contribution >= 4 is 0 Å². The second kappa shape index (κ2) is 3.76. The quantitative estimate of drug-likeness (QED) is 0.657. The van der Waals surface area contributed by atoms with Gasteiger partial charge in [-0.2, -0.15) is 5.26 Å². The van der Waals surface area contributed by atoms with Crippen LogP contribution in [0, 0.1) is 11.3 Å². The molecule has 0 aliphatic carbocycles. The third-order valence-electron chi connectivity index (χ3n) is 2.12. The van der Waals surface area contributed by atoms with E-state index in [0.29, 0.717) is 5.56 Å². The summed E-state index contributed by atoms with van der Waals surface area (Å²) in [5.41, 5.74) is 3.02. The Morgan fingerprint density at radius 1 is 0.714 bits per heavy atom. The largest absolute Gasteiger partial charge is 0.192 e. The van der Waals surface area contributed by atoms with Crippen molar-refractivity contribution in [2.75, 3.05) is 0 Å². The highest BCUT2D eigenvalue weighted by molar-refractivity contribution is 5.63. The molecule has 0 radical (unpaired) electrons. The summed E-state index contributed by atoms with van der Waals surface area (Å²) in [6.07, 6.45) is 0. The minimum absolute atomic E-state index is 0.699. The van der Waals surface area contributed by atoms with Crippen LogP contribution in [-0.4, -0.2) is 0 Å². The fourth-order valence-electron chi connectivity index (χ4n) is 1.37. The van der Waals surface area contributed by atoms with E-state index in [0.717, 1.165) is 5.56 Å². The number of hydrogen-bond donors (Lipinski definition) is 0. The molecule has 0 aromatic heterocycles. The molecule has 0 aliphatic rings. The third kappa shape index (κ3) is 1.65. The molecule has 2 rings (SSSR count). The van der Waals surface area contributed by atoms with E-state index in [4.69, 9.17) is 5.26 Å². The molecule has 2 aromatic rings. The SMILES string of the molecule is N#[11C]c1ccc(-c2ccccc2)cc1. The fourth-order valence-corrected chi connectivity index (χ4v) is 1.37. The minimum Gasteiger partial charge on any atom is -0.192 e. The van der Waals surface area contributed by atoms with Crippen LogP contribution in [0.4, 0.5) is 0 Å². The zero-order chi connectivity index (χ0) is 9.80. The lowest BCUT2D eigenvalue weighted by molar-refractivity contribution is 1.48. The molecule has 0 heterocycles. The first kappa shape index (κ1) is 8.52. The second-order valence-electron chi connectivity index (χ2n) is 3.06. The van der Waals surface area contributed by atoms with Gasteiger partial charge in [-0.25, -0.2) is 0 Å². The molecule has 1 nitrogen and oxygen atoms in total. The summed E-state index contributed by atoms with van der Waals surface area (Å²) in [5.74, 6) is 0. The molecule has 0 saturated heterocycles. The molecule has 0 atom stereocenters. The number of nitrogens with zero attached hydrogens (tertiary/aromatic N) is 1. The van der Waals surface area contributed by atoms with Gasteiger partial charge in [0.05, 0.1) is 11.6 Å². The predicted octanol–water partition coefficient (Wildman–Crippen LogP) is 3.23. The molecular formula is C13H9N. The lowest BCUT2D eigenvalue weighted by atomic mass is 9.97. The van der Waals surface area contributed by atoms with Crippen LogP contribution in [0.25, 0.3) is 11.1 Å². The van der Waals surface area contributed by atoms with Crippen LogP contribution in [-0.2, 0) is 0 Å². The molecule has 0 amide bonds. The summed E-state index contributed by atoms with van der Waals surface area (Å²) in [5, 5.41) is 8.65. The van der Waals surface area contributed by atoms with Crippen molar-refractivity contribution in [3.05, 3.63) is 60.2 Å². The topological polar surface area (TPSA) is 23.8 Å². The smallest absolute Gasteiger partial charge is 0.0991 e. The molecule has 0 bridgehead atoms. The summed E-state index contributed by atoms with van der Waals surface area (Å²) in [6.45, 7) is 0. The van der Waals surface area contributed by atoms with E-state index in [2.05, 4.69) is 18.2 Å². The lowest BCUT2D eigenvalue weighted by Crippen LogP contribution is -1.77. The highest BCUT2D eigenvalue weighted by Gasteiger charge is 1.95. The summed E-state index contributed by atoms with van der Waals surface area (Å²) < 4.78 is 0. The number of nitriles is 1.